The summed E-state index contributed by atoms with van der Waals surface area (Å²) in [5, 5.41) is 5.10. The maximum Gasteiger partial charge on any atom is 0.291 e. The van der Waals surface area contributed by atoms with Crippen LogP contribution in [0.15, 0.2) is 69.9 Å². The molecule has 178 valence electrons. The van der Waals surface area contributed by atoms with Crippen LogP contribution < -0.4 is 14.8 Å². The van der Waals surface area contributed by atoms with Crippen molar-refractivity contribution in [2.75, 3.05) is 6.61 Å². The third-order valence-electron chi connectivity index (χ3n) is 5.59. The van der Waals surface area contributed by atoms with Crippen LogP contribution in [0.1, 0.15) is 38.4 Å². The molecule has 8 heteroatoms. The maximum absolute atomic E-state index is 12.9. The molecular formula is C27H24ClN3O3S. The number of fused-ring (bicyclic) bond motifs is 1. The monoisotopic (exact) mass is 505 g/mol. The quantitative estimate of drug-likeness (QED) is 0.222. The fourth-order valence-corrected chi connectivity index (χ4v) is 4.72. The third kappa shape index (κ3) is 5.31. The molecule has 2 aromatic carbocycles. The molecule has 3 aromatic heterocycles. The summed E-state index contributed by atoms with van der Waals surface area (Å²) in [4.78, 5) is 18.0. The standard InChI is InChI=1S/C27H24ClN3O3S/c1-2-3-4-5-16-33-21-12-8-19(9-13-21)25-29-27-31(30-25)26(32)24(35-27)17-22-14-15-23(34-22)18-6-10-20(28)11-7-18/h6-15,17H,2-5,16H2,1H3/b24-17+. The molecule has 3 heterocycles. The Kier molecular flexibility index (Phi) is 6.97. The van der Waals surface area contributed by atoms with E-state index in [1.807, 2.05) is 60.7 Å². The number of unbranched alkanes of at least 4 members (excludes halogenated alkanes) is 3. The molecule has 0 saturated heterocycles. The van der Waals surface area contributed by atoms with Gasteiger partial charge in [0, 0.05) is 22.2 Å². The molecule has 0 spiro atoms. The predicted octanol–water partition coefficient (Wildman–Crippen LogP) is 6.24. The molecule has 0 N–H and O–H groups in total. The molecule has 0 aliphatic heterocycles. The lowest BCUT2D eigenvalue weighted by Gasteiger charge is -2.06. The zero-order chi connectivity index (χ0) is 24.2. The van der Waals surface area contributed by atoms with Gasteiger partial charge in [-0.3, -0.25) is 4.79 Å². The zero-order valence-electron chi connectivity index (χ0n) is 19.2. The van der Waals surface area contributed by atoms with E-state index < -0.39 is 0 Å². The van der Waals surface area contributed by atoms with E-state index in [0.29, 0.717) is 38.5 Å². The predicted molar refractivity (Wildman–Crippen MR) is 140 cm³/mol. The van der Waals surface area contributed by atoms with Gasteiger partial charge in [0.2, 0.25) is 4.96 Å². The fraction of sp³-hybridized carbons (Fsp3) is 0.222. The van der Waals surface area contributed by atoms with Crippen LogP contribution >= 0.6 is 22.9 Å². The van der Waals surface area contributed by atoms with Crippen molar-refractivity contribution in [1.29, 1.82) is 0 Å². The molecule has 5 rings (SSSR count). The van der Waals surface area contributed by atoms with Gasteiger partial charge < -0.3 is 9.15 Å². The van der Waals surface area contributed by atoms with Crippen molar-refractivity contribution in [1.82, 2.24) is 14.6 Å². The number of ether oxygens (including phenoxy) is 1. The minimum Gasteiger partial charge on any atom is -0.494 e. The van der Waals surface area contributed by atoms with Crippen molar-refractivity contribution in [3.8, 4) is 28.5 Å². The van der Waals surface area contributed by atoms with Gasteiger partial charge in [0.05, 0.1) is 6.61 Å². The number of rotatable bonds is 9. The van der Waals surface area contributed by atoms with E-state index in [4.69, 9.17) is 20.8 Å². The minimum absolute atomic E-state index is 0.222. The van der Waals surface area contributed by atoms with E-state index in [-0.39, 0.29) is 5.56 Å². The van der Waals surface area contributed by atoms with Gasteiger partial charge in [0.1, 0.15) is 21.8 Å². The van der Waals surface area contributed by atoms with Crippen molar-refractivity contribution in [3.63, 3.8) is 0 Å². The summed E-state index contributed by atoms with van der Waals surface area (Å²) in [6.07, 6.45) is 6.40. The number of hydrogen-bond acceptors (Lipinski definition) is 6. The first-order valence-corrected chi connectivity index (χ1v) is 12.8. The lowest BCUT2D eigenvalue weighted by molar-refractivity contribution is 0.305. The topological polar surface area (TPSA) is 69.6 Å². The number of hydrogen-bond donors (Lipinski definition) is 0. The Balaban J connectivity index is 1.32. The van der Waals surface area contributed by atoms with Crippen molar-refractivity contribution in [2.24, 2.45) is 0 Å². The van der Waals surface area contributed by atoms with Gasteiger partial charge in [-0.1, -0.05) is 49.1 Å². The average Bonchev–Trinajstić information content (AvgIpc) is 3.57. The van der Waals surface area contributed by atoms with E-state index >= 15 is 0 Å². The lowest BCUT2D eigenvalue weighted by Crippen LogP contribution is -2.23. The molecule has 0 bridgehead atoms. The summed E-state index contributed by atoms with van der Waals surface area (Å²) in [5.74, 6) is 2.62. The Morgan fingerprint density at radius 2 is 1.77 bits per heavy atom. The number of benzene rings is 2. The molecule has 0 atom stereocenters. The number of furan rings is 1. The van der Waals surface area contributed by atoms with Crippen molar-refractivity contribution >= 4 is 34.0 Å². The molecule has 0 amide bonds. The lowest BCUT2D eigenvalue weighted by atomic mass is 10.2. The first-order chi connectivity index (χ1) is 17.1. The molecule has 0 saturated carbocycles. The Morgan fingerprint density at radius 3 is 2.51 bits per heavy atom. The van der Waals surface area contributed by atoms with Gasteiger partial charge in [-0.15, -0.1) is 5.10 Å². The molecule has 0 aliphatic carbocycles. The molecule has 6 nitrogen and oxygen atoms in total. The Hall–Kier alpha value is -3.42. The van der Waals surface area contributed by atoms with Crippen LogP contribution in [0.5, 0.6) is 5.75 Å². The van der Waals surface area contributed by atoms with Crippen LogP contribution in [0.3, 0.4) is 0 Å². The second kappa shape index (κ2) is 10.5. The summed E-state index contributed by atoms with van der Waals surface area (Å²) in [7, 11) is 0. The maximum atomic E-state index is 12.9. The van der Waals surface area contributed by atoms with Crippen LogP contribution in [0.4, 0.5) is 0 Å². The summed E-state index contributed by atoms with van der Waals surface area (Å²) in [5.41, 5.74) is 1.53. The Labute approximate surface area is 211 Å². The molecule has 5 aromatic rings. The highest BCUT2D eigenvalue weighted by Crippen LogP contribution is 2.24. The highest BCUT2D eigenvalue weighted by Gasteiger charge is 2.13. The number of aromatic nitrogens is 3. The van der Waals surface area contributed by atoms with Crippen molar-refractivity contribution in [2.45, 2.75) is 32.6 Å². The van der Waals surface area contributed by atoms with E-state index in [2.05, 4.69) is 17.0 Å². The smallest absolute Gasteiger partial charge is 0.291 e. The molecule has 0 aliphatic rings. The summed E-state index contributed by atoms with van der Waals surface area (Å²) >= 11 is 7.24. The normalized spacial score (nSPS) is 12.0. The fourth-order valence-electron chi connectivity index (χ4n) is 3.70. The number of nitrogens with zero attached hydrogens (tertiary/aromatic N) is 3. The molecule has 0 radical (unpaired) electrons. The second-order valence-electron chi connectivity index (χ2n) is 8.19. The highest BCUT2D eigenvalue weighted by molar-refractivity contribution is 7.15. The Bertz CT molecular complexity index is 1540. The van der Waals surface area contributed by atoms with Crippen LogP contribution in [0.25, 0.3) is 33.7 Å². The molecule has 35 heavy (non-hydrogen) atoms. The van der Waals surface area contributed by atoms with Gasteiger partial charge in [-0.05, 0) is 67.1 Å². The third-order valence-corrected chi connectivity index (χ3v) is 6.80. The van der Waals surface area contributed by atoms with E-state index in [9.17, 15) is 4.79 Å². The average molecular weight is 506 g/mol. The van der Waals surface area contributed by atoms with Crippen molar-refractivity contribution in [3.05, 3.63) is 86.3 Å². The molecular weight excluding hydrogens is 482 g/mol. The van der Waals surface area contributed by atoms with Gasteiger partial charge in [0.15, 0.2) is 5.82 Å². The summed E-state index contributed by atoms with van der Waals surface area (Å²) in [6, 6.07) is 18.8. The van der Waals surface area contributed by atoms with Crippen molar-refractivity contribution < 1.29 is 9.15 Å². The SMILES string of the molecule is CCCCCCOc1ccc(-c2nc3s/c(=C/c4ccc(-c5ccc(Cl)cc5)o4)c(=O)n3n2)cc1. The van der Waals surface area contributed by atoms with Gasteiger partial charge in [0.25, 0.3) is 5.56 Å². The van der Waals surface area contributed by atoms with Gasteiger partial charge in [-0.25, -0.2) is 0 Å². The van der Waals surface area contributed by atoms with Crippen LogP contribution in [0, 0.1) is 0 Å². The van der Waals surface area contributed by atoms with Crippen LogP contribution in [0.2, 0.25) is 5.02 Å². The van der Waals surface area contributed by atoms with Gasteiger partial charge in [-0.2, -0.15) is 9.50 Å². The van der Waals surface area contributed by atoms with Crippen LogP contribution in [-0.2, 0) is 0 Å². The van der Waals surface area contributed by atoms with Crippen LogP contribution in [-0.4, -0.2) is 21.2 Å². The minimum atomic E-state index is -0.222. The summed E-state index contributed by atoms with van der Waals surface area (Å²) < 4.78 is 13.6. The highest BCUT2D eigenvalue weighted by atomic mass is 35.5. The molecule has 0 fully saturated rings. The Morgan fingerprint density at radius 1 is 1.00 bits per heavy atom. The molecule has 0 unspecified atom stereocenters. The first-order valence-electron chi connectivity index (χ1n) is 11.6. The first kappa shape index (κ1) is 23.3. The van der Waals surface area contributed by atoms with E-state index in [0.717, 1.165) is 23.3 Å². The van der Waals surface area contributed by atoms with E-state index in [1.54, 1.807) is 6.08 Å². The summed E-state index contributed by atoms with van der Waals surface area (Å²) in [6.45, 7) is 2.91. The largest absolute Gasteiger partial charge is 0.494 e. The number of halogens is 1. The zero-order valence-corrected chi connectivity index (χ0v) is 20.8. The van der Waals surface area contributed by atoms with Gasteiger partial charge >= 0.3 is 0 Å². The second-order valence-corrected chi connectivity index (χ2v) is 9.63. The van der Waals surface area contributed by atoms with E-state index in [1.165, 1.54) is 35.1 Å². The number of thiazole rings is 1.